The maximum atomic E-state index is 12.7. The van der Waals surface area contributed by atoms with Gasteiger partial charge in [0.05, 0.1) is 25.6 Å². The Morgan fingerprint density at radius 2 is 1.87 bits per heavy atom. The lowest BCUT2D eigenvalue weighted by atomic mass is 10.0. The van der Waals surface area contributed by atoms with Gasteiger partial charge in [0.25, 0.3) is 0 Å². The molecule has 0 aromatic heterocycles. The zero-order chi connectivity index (χ0) is 16.2. The molecule has 1 aliphatic rings. The van der Waals surface area contributed by atoms with Gasteiger partial charge < -0.3 is 15.4 Å². The van der Waals surface area contributed by atoms with Crippen LogP contribution in [0.25, 0.3) is 0 Å². The summed E-state index contributed by atoms with van der Waals surface area (Å²) in [5.74, 6) is 0.131. The van der Waals surface area contributed by atoms with E-state index in [0.717, 1.165) is 11.1 Å². The first-order valence-electron chi connectivity index (χ1n) is 7.94. The highest BCUT2D eigenvalue weighted by Gasteiger charge is 2.30. The van der Waals surface area contributed by atoms with Crippen molar-refractivity contribution in [1.82, 2.24) is 4.90 Å². The van der Waals surface area contributed by atoms with Crippen molar-refractivity contribution in [3.05, 3.63) is 65.7 Å². The van der Waals surface area contributed by atoms with E-state index in [4.69, 9.17) is 10.5 Å². The quantitative estimate of drug-likeness (QED) is 0.887. The van der Waals surface area contributed by atoms with Gasteiger partial charge in [0.1, 0.15) is 6.10 Å². The molecule has 1 fully saturated rings. The standard InChI is InChI=1S/C19H22N2O2/c1-14-13-23-18(16-5-3-2-4-6-16)12-21(14)19(22)11-15-7-9-17(20)10-8-15/h2-10,14,18H,11-13,20H2,1H3. The third-order valence-corrected chi connectivity index (χ3v) is 4.26. The van der Waals surface area contributed by atoms with Crippen LogP contribution in [0.2, 0.25) is 0 Å². The summed E-state index contributed by atoms with van der Waals surface area (Å²) in [4.78, 5) is 14.6. The molecule has 4 heteroatoms. The van der Waals surface area contributed by atoms with Crippen LogP contribution in [0.15, 0.2) is 54.6 Å². The van der Waals surface area contributed by atoms with Crippen molar-refractivity contribution in [2.24, 2.45) is 0 Å². The molecule has 1 aliphatic heterocycles. The first-order chi connectivity index (χ1) is 11.1. The normalized spacial score (nSPS) is 21.2. The van der Waals surface area contributed by atoms with Crippen LogP contribution in [-0.2, 0) is 16.0 Å². The summed E-state index contributed by atoms with van der Waals surface area (Å²) in [6, 6.07) is 17.6. The first-order valence-corrected chi connectivity index (χ1v) is 7.94. The summed E-state index contributed by atoms with van der Waals surface area (Å²) in [7, 11) is 0. The number of nitrogen functional groups attached to an aromatic ring is 1. The van der Waals surface area contributed by atoms with E-state index in [1.165, 1.54) is 0 Å². The second kappa shape index (κ2) is 6.84. The Morgan fingerprint density at radius 3 is 2.57 bits per heavy atom. The molecule has 1 amide bonds. The lowest BCUT2D eigenvalue weighted by Gasteiger charge is -2.38. The number of morpholine rings is 1. The van der Waals surface area contributed by atoms with Crippen LogP contribution in [0.3, 0.4) is 0 Å². The van der Waals surface area contributed by atoms with Crippen LogP contribution < -0.4 is 5.73 Å². The molecule has 0 saturated carbocycles. The van der Waals surface area contributed by atoms with Crippen molar-refractivity contribution in [3.8, 4) is 0 Å². The summed E-state index contributed by atoms with van der Waals surface area (Å²) in [5.41, 5.74) is 8.51. The molecule has 0 aliphatic carbocycles. The van der Waals surface area contributed by atoms with Gasteiger partial charge in [0, 0.05) is 5.69 Å². The number of hydrogen-bond donors (Lipinski definition) is 1. The Balaban J connectivity index is 1.69. The van der Waals surface area contributed by atoms with Gasteiger partial charge in [-0.15, -0.1) is 0 Å². The van der Waals surface area contributed by atoms with Gasteiger partial charge in [0.2, 0.25) is 5.91 Å². The third kappa shape index (κ3) is 3.71. The molecule has 1 heterocycles. The minimum atomic E-state index is -0.0530. The van der Waals surface area contributed by atoms with Crippen LogP contribution in [0.5, 0.6) is 0 Å². The zero-order valence-electron chi connectivity index (χ0n) is 13.3. The Labute approximate surface area is 136 Å². The van der Waals surface area contributed by atoms with Crippen LogP contribution in [0.4, 0.5) is 5.69 Å². The number of carbonyl (C=O) groups is 1. The van der Waals surface area contributed by atoms with E-state index in [1.54, 1.807) is 0 Å². The van der Waals surface area contributed by atoms with Crippen molar-refractivity contribution in [3.63, 3.8) is 0 Å². The minimum Gasteiger partial charge on any atom is -0.399 e. The van der Waals surface area contributed by atoms with Crippen LogP contribution in [0, 0.1) is 0 Å². The summed E-state index contributed by atoms with van der Waals surface area (Å²) in [6.07, 6.45) is 0.342. The van der Waals surface area contributed by atoms with Crippen LogP contribution in [-0.4, -0.2) is 30.0 Å². The van der Waals surface area contributed by atoms with Crippen LogP contribution in [0.1, 0.15) is 24.2 Å². The number of rotatable bonds is 3. The number of anilines is 1. The highest BCUT2D eigenvalue weighted by molar-refractivity contribution is 5.79. The summed E-state index contributed by atoms with van der Waals surface area (Å²) >= 11 is 0. The van der Waals surface area contributed by atoms with Gasteiger partial charge in [-0.05, 0) is 30.2 Å². The zero-order valence-corrected chi connectivity index (χ0v) is 13.3. The monoisotopic (exact) mass is 310 g/mol. The van der Waals surface area contributed by atoms with E-state index in [2.05, 4.69) is 0 Å². The highest BCUT2D eigenvalue weighted by Crippen LogP contribution is 2.25. The predicted octanol–water partition coefficient (Wildman–Crippen LogP) is 2.80. The van der Waals surface area contributed by atoms with E-state index in [0.29, 0.717) is 25.3 Å². The molecular weight excluding hydrogens is 288 g/mol. The van der Waals surface area contributed by atoms with Crippen LogP contribution >= 0.6 is 0 Å². The van der Waals surface area contributed by atoms with E-state index in [-0.39, 0.29) is 18.1 Å². The molecule has 2 N–H and O–H groups in total. The van der Waals surface area contributed by atoms with Gasteiger partial charge >= 0.3 is 0 Å². The molecule has 4 nitrogen and oxygen atoms in total. The second-order valence-corrected chi connectivity index (χ2v) is 6.05. The molecular formula is C19H22N2O2. The first kappa shape index (κ1) is 15.6. The van der Waals surface area contributed by atoms with Crippen molar-refractivity contribution in [2.75, 3.05) is 18.9 Å². The Kier molecular flexibility index (Phi) is 4.63. The summed E-state index contributed by atoms with van der Waals surface area (Å²) in [5, 5.41) is 0. The van der Waals surface area contributed by atoms with Gasteiger partial charge in [0.15, 0.2) is 0 Å². The number of hydrogen-bond acceptors (Lipinski definition) is 3. The fourth-order valence-corrected chi connectivity index (χ4v) is 2.89. The topological polar surface area (TPSA) is 55.6 Å². The molecule has 0 bridgehead atoms. The predicted molar refractivity (Wildman–Crippen MR) is 90.9 cm³/mol. The Hall–Kier alpha value is -2.33. The summed E-state index contributed by atoms with van der Waals surface area (Å²) in [6.45, 7) is 3.19. The van der Waals surface area contributed by atoms with Crippen molar-refractivity contribution in [2.45, 2.75) is 25.5 Å². The second-order valence-electron chi connectivity index (χ2n) is 6.05. The SMILES string of the molecule is CC1COC(c2ccccc2)CN1C(=O)Cc1ccc(N)cc1. The lowest BCUT2D eigenvalue weighted by molar-refractivity contribution is -0.143. The molecule has 120 valence electrons. The van der Waals surface area contributed by atoms with Crippen molar-refractivity contribution >= 4 is 11.6 Å². The Morgan fingerprint density at radius 1 is 1.17 bits per heavy atom. The summed E-state index contributed by atoms with van der Waals surface area (Å²) < 4.78 is 5.91. The largest absolute Gasteiger partial charge is 0.399 e. The number of amides is 1. The molecule has 3 rings (SSSR count). The number of nitrogens with zero attached hydrogens (tertiary/aromatic N) is 1. The number of ether oxygens (including phenoxy) is 1. The van der Waals surface area contributed by atoms with E-state index < -0.39 is 0 Å². The number of nitrogens with two attached hydrogens (primary N) is 1. The maximum Gasteiger partial charge on any atom is 0.227 e. The lowest BCUT2D eigenvalue weighted by Crippen LogP contribution is -2.48. The molecule has 2 aromatic carbocycles. The number of carbonyl (C=O) groups excluding carboxylic acids is 1. The molecule has 0 radical (unpaired) electrons. The molecule has 2 atom stereocenters. The maximum absolute atomic E-state index is 12.7. The molecule has 2 unspecified atom stereocenters. The average molecular weight is 310 g/mol. The number of benzene rings is 2. The van der Waals surface area contributed by atoms with Gasteiger partial charge in [-0.25, -0.2) is 0 Å². The van der Waals surface area contributed by atoms with Gasteiger partial charge in [-0.3, -0.25) is 4.79 Å². The average Bonchev–Trinajstić information content (AvgIpc) is 2.58. The van der Waals surface area contributed by atoms with E-state index in [9.17, 15) is 4.79 Å². The van der Waals surface area contributed by atoms with Gasteiger partial charge in [-0.1, -0.05) is 42.5 Å². The highest BCUT2D eigenvalue weighted by atomic mass is 16.5. The smallest absolute Gasteiger partial charge is 0.227 e. The van der Waals surface area contributed by atoms with Gasteiger partial charge in [-0.2, -0.15) is 0 Å². The molecule has 0 spiro atoms. The van der Waals surface area contributed by atoms with E-state index in [1.807, 2.05) is 66.4 Å². The third-order valence-electron chi connectivity index (χ3n) is 4.26. The fourth-order valence-electron chi connectivity index (χ4n) is 2.89. The molecule has 2 aromatic rings. The minimum absolute atomic E-state index is 0.0530. The van der Waals surface area contributed by atoms with Crippen molar-refractivity contribution < 1.29 is 9.53 Å². The van der Waals surface area contributed by atoms with Crippen molar-refractivity contribution in [1.29, 1.82) is 0 Å². The Bertz CT molecular complexity index is 655. The fraction of sp³-hybridized carbons (Fsp3) is 0.316. The molecule has 1 saturated heterocycles. The molecule has 23 heavy (non-hydrogen) atoms. The van der Waals surface area contributed by atoms with E-state index >= 15 is 0 Å².